The predicted molar refractivity (Wildman–Crippen MR) is 118 cm³/mol. The molecule has 0 spiro atoms. The Morgan fingerprint density at radius 3 is 2.68 bits per heavy atom. The molecule has 2 amide bonds. The van der Waals surface area contributed by atoms with Crippen molar-refractivity contribution < 1.29 is 14.7 Å². The summed E-state index contributed by atoms with van der Waals surface area (Å²) in [6, 6.07) is 2.90. The highest BCUT2D eigenvalue weighted by molar-refractivity contribution is 5.84. The second-order valence-electron chi connectivity index (χ2n) is 8.89. The number of allylic oxidation sites excluding steroid dienone is 2. The van der Waals surface area contributed by atoms with Gasteiger partial charge in [0, 0.05) is 43.3 Å². The van der Waals surface area contributed by atoms with Gasteiger partial charge in [0.15, 0.2) is 0 Å². The number of aliphatic hydroxyl groups is 1. The van der Waals surface area contributed by atoms with Crippen molar-refractivity contribution in [1.82, 2.24) is 14.8 Å². The number of nitrogens with zero attached hydrogens (tertiary/aromatic N) is 2. The van der Waals surface area contributed by atoms with Gasteiger partial charge >= 0.3 is 0 Å². The second-order valence-corrected chi connectivity index (χ2v) is 8.89. The van der Waals surface area contributed by atoms with Gasteiger partial charge in [-0.05, 0) is 49.8 Å². The lowest BCUT2D eigenvalue weighted by Gasteiger charge is -2.38. The van der Waals surface area contributed by atoms with Crippen molar-refractivity contribution in [2.75, 3.05) is 13.2 Å². The minimum absolute atomic E-state index is 0.0444. The van der Waals surface area contributed by atoms with Gasteiger partial charge in [-0.3, -0.25) is 14.4 Å². The molecule has 1 fully saturated rings. The zero-order valence-electron chi connectivity index (χ0n) is 18.5. The van der Waals surface area contributed by atoms with E-state index in [2.05, 4.69) is 11.4 Å². The lowest BCUT2D eigenvalue weighted by Crippen LogP contribution is -2.49. The molecule has 7 nitrogen and oxygen atoms in total. The predicted octanol–water partition coefficient (Wildman–Crippen LogP) is 2.23. The van der Waals surface area contributed by atoms with Crippen LogP contribution in [0.1, 0.15) is 69.7 Å². The highest BCUT2D eigenvalue weighted by Gasteiger charge is 2.57. The van der Waals surface area contributed by atoms with Gasteiger partial charge < -0.3 is 19.9 Å². The van der Waals surface area contributed by atoms with Gasteiger partial charge in [-0.1, -0.05) is 19.9 Å². The molecule has 1 saturated heterocycles. The van der Waals surface area contributed by atoms with Crippen LogP contribution in [0.4, 0.5) is 0 Å². The first kappa shape index (κ1) is 21.8. The molecule has 2 bridgehead atoms. The number of aliphatic hydroxyl groups excluding tert-OH is 1. The summed E-state index contributed by atoms with van der Waals surface area (Å²) in [7, 11) is 0. The zero-order valence-corrected chi connectivity index (χ0v) is 18.5. The van der Waals surface area contributed by atoms with Crippen molar-refractivity contribution in [2.45, 2.75) is 71.0 Å². The van der Waals surface area contributed by atoms with E-state index in [9.17, 15) is 19.5 Å². The summed E-state index contributed by atoms with van der Waals surface area (Å²) >= 11 is 0. The molecule has 0 radical (unpaired) electrons. The molecule has 0 aromatic carbocycles. The van der Waals surface area contributed by atoms with E-state index in [1.165, 1.54) is 0 Å². The minimum Gasteiger partial charge on any atom is -0.396 e. The number of pyridine rings is 1. The van der Waals surface area contributed by atoms with Crippen molar-refractivity contribution in [3.05, 3.63) is 39.8 Å². The highest BCUT2D eigenvalue weighted by atomic mass is 16.3. The molecule has 31 heavy (non-hydrogen) atoms. The maximum Gasteiger partial charge on any atom is 0.258 e. The van der Waals surface area contributed by atoms with Crippen LogP contribution in [-0.4, -0.2) is 45.6 Å². The average molecular weight is 428 g/mol. The fraction of sp³-hybridized carbons (Fsp3) is 0.625. The standard InChI is InChI=1S/C24H33N3O4/c1-3-12-25-23(30)21-17(14-28)19-13-26-18(22(21)27(19)20(29)4-2)11-10-16(24(26)31)15-8-6-5-7-9-15/h8,10-11,17,19,21-22,28H,3-7,9,12-14H2,1-2H3,(H,25,30)/t17-,19-,21+,22+/m0/s1. The topological polar surface area (TPSA) is 91.6 Å². The Morgan fingerprint density at radius 1 is 1.23 bits per heavy atom. The van der Waals surface area contributed by atoms with Crippen LogP contribution < -0.4 is 10.9 Å². The molecule has 2 N–H and O–H groups in total. The van der Waals surface area contributed by atoms with Crippen LogP contribution in [-0.2, 0) is 16.1 Å². The lowest BCUT2D eigenvalue weighted by atomic mass is 9.86. The maximum atomic E-state index is 13.5. The van der Waals surface area contributed by atoms with Gasteiger partial charge in [0.05, 0.1) is 18.0 Å². The van der Waals surface area contributed by atoms with Crippen LogP contribution in [0.25, 0.3) is 5.57 Å². The van der Waals surface area contributed by atoms with Crippen LogP contribution >= 0.6 is 0 Å². The smallest absolute Gasteiger partial charge is 0.258 e. The van der Waals surface area contributed by atoms with Crippen LogP contribution in [0.2, 0.25) is 0 Å². The monoisotopic (exact) mass is 427 g/mol. The van der Waals surface area contributed by atoms with Crippen molar-refractivity contribution in [2.24, 2.45) is 11.8 Å². The zero-order chi connectivity index (χ0) is 22.1. The number of hydrogen-bond acceptors (Lipinski definition) is 4. The number of aromatic nitrogens is 1. The van der Waals surface area contributed by atoms with E-state index < -0.39 is 17.9 Å². The molecule has 7 heteroatoms. The van der Waals surface area contributed by atoms with E-state index in [0.29, 0.717) is 25.2 Å². The van der Waals surface area contributed by atoms with Gasteiger partial charge in [0.1, 0.15) is 0 Å². The number of carbonyl (C=O) groups is 2. The molecule has 3 aliphatic rings. The largest absolute Gasteiger partial charge is 0.396 e. The van der Waals surface area contributed by atoms with Crippen LogP contribution in [0.3, 0.4) is 0 Å². The van der Waals surface area contributed by atoms with Gasteiger partial charge in [-0.2, -0.15) is 0 Å². The fourth-order valence-corrected chi connectivity index (χ4v) is 5.62. The first-order valence-electron chi connectivity index (χ1n) is 11.7. The average Bonchev–Trinajstić information content (AvgIpc) is 3.04. The van der Waals surface area contributed by atoms with E-state index in [0.717, 1.165) is 43.2 Å². The van der Waals surface area contributed by atoms with Crippen LogP contribution in [0, 0.1) is 11.8 Å². The Hall–Kier alpha value is -2.41. The Morgan fingerprint density at radius 2 is 2.03 bits per heavy atom. The molecule has 2 aliphatic heterocycles. The highest BCUT2D eigenvalue weighted by Crippen LogP contribution is 2.48. The molecule has 0 unspecified atom stereocenters. The fourth-order valence-electron chi connectivity index (χ4n) is 5.62. The molecular formula is C24H33N3O4. The number of carbonyl (C=O) groups excluding carboxylic acids is 2. The first-order chi connectivity index (χ1) is 15.0. The molecule has 1 aromatic heterocycles. The Labute approximate surface area is 183 Å². The number of hydrogen-bond donors (Lipinski definition) is 2. The molecule has 4 atom stereocenters. The summed E-state index contributed by atoms with van der Waals surface area (Å²) < 4.78 is 1.76. The minimum atomic E-state index is -0.565. The molecule has 0 saturated carbocycles. The summed E-state index contributed by atoms with van der Waals surface area (Å²) in [5.41, 5.74) is 2.49. The van der Waals surface area contributed by atoms with Crippen molar-refractivity contribution >= 4 is 17.4 Å². The molecule has 168 valence electrons. The second kappa shape index (κ2) is 8.99. The Bertz CT molecular complexity index is 951. The van der Waals surface area contributed by atoms with Gasteiger partial charge in [-0.15, -0.1) is 0 Å². The number of fused-ring (bicyclic) bond motifs is 4. The summed E-state index contributed by atoms with van der Waals surface area (Å²) in [5.74, 6) is -1.15. The van der Waals surface area contributed by atoms with Gasteiger partial charge in [-0.25, -0.2) is 0 Å². The van der Waals surface area contributed by atoms with E-state index in [1.807, 2.05) is 26.0 Å². The number of amides is 2. The van der Waals surface area contributed by atoms with Crippen LogP contribution in [0.15, 0.2) is 23.0 Å². The quantitative estimate of drug-likeness (QED) is 0.728. The Balaban J connectivity index is 1.81. The third-order valence-corrected chi connectivity index (χ3v) is 7.12. The van der Waals surface area contributed by atoms with Gasteiger partial charge in [0.2, 0.25) is 11.8 Å². The summed E-state index contributed by atoms with van der Waals surface area (Å²) in [5, 5.41) is 13.2. The van der Waals surface area contributed by atoms with Gasteiger partial charge in [0.25, 0.3) is 5.56 Å². The molecular weight excluding hydrogens is 394 g/mol. The summed E-state index contributed by atoms with van der Waals surface area (Å²) in [6.07, 6.45) is 7.43. The molecule has 1 aliphatic carbocycles. The third-order valence-electron chi connectivity index (χ3n) is 7.12. The molecule has 4 rings (SSSR count). The lowest BCUT2D eigenvalue weighted by molar-refractivity contribution is -0.136. The SMILES string of the molecule is CCCNC(=O)[C@@H]1[C@@H](CO)[C@@H]2Cn3c(ccc(C4=CCCCC4)c3=O)[C@H]1N2C(=O)CC. The van der Waals surface area contributed by atoms with Crippen LogP contribution in [0.5, 0.6) is 0 Å². The van der Waals surface area contributed by atoms with Crippen molar-refractivity contribution in [3.8, 4) is 0 Å². The first-order valence-corrected chi connectivity index (χ1v) is 11.7. The normalized spacial score (nSPS) is 26.9. The van der Waals surface area contributed by atoms with E-state index in [-0.39, 0.29) is 30.0 Å². The number of rotatable bonds is 6. The maximum absolute atomic E-state index is 13.5. The summed E-state index contributed by atoms with van der Waals surface area (Å²) in [6.45, 7) is 4.47. The van der Waals surface area contributed by atoms with Crippen molar-refractivity contribution in [1.29, 1.82) is 0 Å². The number of nitrogens with one attached hydrogen (secondary N) is 1. The summed E-state index contributed by atoms with van der Waals surface area (Å²) in [4.78, 5) is 41.3. The Kier molecular flexibility index (Phi) is 6.32. The van der Waals surface area contributed by atoms with Crippen molar-refractivity contribution in [3.63, 3.8) is 0 Å². The third kappa shape index (κ3) is 3.63. The van der Waals surface area contributed by atoms with E-state index in [4.69, 9.17) is 0 Å². The molecule has 1 aromatic rings. The van der Waals surface area contributed by atoms with E-state index >= 15 is 0 Å². The molecule has 3 heterocycles. The van der Waals surface area contributed by atoms with E-state index in [1.54, 1.807) is 9.47 Å².